The average Bonchev–Trinajstić information content (AvgIpc) is 2.51. The fraction of sp³-hybridized carbons (Fsp3) is 0.368. The van der Waals surface area contributed by atoms with Gasteiger partial charge in [-0.25, -0.2) is 0 Å². The first kappa shape index (κ1) is 14.5. The zero-order chi connectivity index (χ0) is 14.7. The zero-order valence-corrected chi connectivity index (χ0v) is 13.6. The summed E-state index contributed by atoms with van der Waals surface area (Å²) in [6, 6.07) is 19.8. The molecule has 1 aliphatic rings. The number of rotatable bonds is 3. The summed E-state index contributed by atoms with van der Waals surface area (Å²) >= 11 is 2.06. The van der Waals surface area contributed by atoms with Crippen molar-refractivity contribution in [1.82, 2.24) is 0 Å². The molecule has 0 aliphatic carbocycles. The highest BCUT2D eigenvalue weighted by atomic mass is 32.2. The molecule has 1 nitrogen and oxygen atoms in total. The molecular weight excluding hydrogens is 274 g/mol. The highest BCUT2D eigenvalue weighted by Gasteiger charge is 2.32. The molecule has 0 aromatic heterocycles. The van der Waals surface area contributed by atoms with Gasteiger partial charge in [0.15, 0.2) is 0 Å². The van der Waals surface area contributed by atoms with E-state index in [1.807, 2.05) is 0 Å². The molecule has 1 saturated heterocycles. The summed E-state index contributed by atoms with van der Waals surface area (Å²) in [6.45, 7) is 4.77. The van der Waals surface area contributed by atoms with Gasteiger partial charge in [0.25, 0.3) is 0 Å². The third-order valence-corrected chi connectivity index (χ3v) is 5.52. The van der Waals surface area contributed by atoms with Gasteiger partial charge in [0, 0.05) is 23.0 Å². The molecule has 1 heterocycles. The van der Waals surface area contributed by atoms with E-state index in [0.29, 0.717) is 11.5 Å². The van der Waals surface area contributed by atoms with Gasteiger partial charge in [-0.3, -0.25) is 0 Å². The minimum atomic E-state index is 0.356. The van der Waals surface area contributed by atoms with Crippen LogP contribution in [0.3, 0.4) is 0 Å². The molecule has 2 heteroatoms. The Kier molecular flexibility index (Phi) is 4.25. The van der Waals surface area contributed by atoms with E-state index < -0.39 is 0 Å². The predicted octanol–water partition coefficient (Wildman–Crippen LogP) is 5.30. The smallest absolute Gasteiger partial charge is 0.0422 e. The maximum atomic E-state index is 3.82. The van der Waals surface area contributed by atoms with Crippen LogP contribution in [0.1, 0.15) is 20.3 Å². The van der Waals surface area contributed by atoms with Crippen molar-refractivity contribution in [3.05, 3.63) is 54.6 Å². The minimum Gasteiger partial charge on any atom is -0.380 e. The second-order valence-corrected chi connectivity index (χ2v) is 7.57. The Morgan fingerprint density at radius 2 is 1.71 bits per heavy atom. The van der Waals surface area contributed by atoms with Gasteiger partial charge >= 0.3 is 0 Å². The lowest BCUT2D eigenvalue weighted by Gasteiger charge is -2.39. The fourth-order valence-corrected chi connectivity index (χ4v) is 4.45. The third kappa shape index (κ3) is 3.26. The molecule has 0 spiro atoms. The Balaban J connectivity index is 1.89. The second kappa shape index (κ2) is 6.15. The molecule has 0 amide bonds. The summed E-state index contributed by atoms with van der Waals surface area (Å²) < 4.78 is 0. The van der Waals surface area contributed by atoms with E-state index in [1.54, 1.807) is 0 Å². The Morgan fingerprint density at radius 3 is 2.48 bits per heavy atom. The Morgan fingerprint density at radius 1 is 1.00 bits per heavy atom. The SMILES string of the molecule is CC1(C)CCSCC1Nc1ccccc1-c1ccccc1. The molecule has 0 bridgehead atoms. The third-order valence-electron chi connectivity index (χ3n) is 4.46. The normalized spacial score (nSPS) is 21.0. The molecule has 1 N–H and O–H groups in total. The first-order valence-corrected chi connectivity index (χ1v) is 8.81. The van der Waals surface area contributed by atoms with Crippen LogP contribution in [0.2, 0.25) is 0 Å². The van der Waals surface area contributed by atoms with E-state index >= 15 is 0 Å². The molecule has 21 heavy (non-hydrogen) atoms. The van der Waals surface area contributed by atoms with Gasteiger partial charge in [-0.1, -0.05) is 62.4 Å². The van der Waals surface area contributed by atoms with Crippen molar-refractivity contribution in [2.45, 2.75) is 26.3 Å². The van der Waals surface area contributed by atoms with Crippen LogP contribution in [0.15, 0.2) is 54.6 Å². The van der Waals surface area contributed by atoms with Gasteiger partial charge in [0.05, 0.1) is 0 Å². The van der Waals surface area contributed by atoms with Crippen LogP contribution in [0, 0.1) is 5.41 Å². The second-order valence-electron chi connectivity index (χ2n) is 6.42. The number of hydrogen-bond donors (Lipinski definition) is 1. The van der Waals surface area contributed by atoms with Crippen LogP contribution in [-0.2, 0) is 0 Å². The van der Waals surface area contributed by atoms with E-state index in [0.717, 1.165) is 0 Å². The number of hydrogen-bond acceptors (Lipinski definition) is 2. The number of nitrogens with one attached hydrogen (secondary N) is 1. The molecule has 1 unspecified atom stereocenters. The van der Waals surface area contributed by atoms with E-state index in [9.17, 15) is 0 Å². The molecule has 110 valence electrons. The summed E-state index contributed by atoms with van der Waals surface area (Å²) in [5.74, 6) is 2.47. The highest BCUT2D eigenvalue weighted by molar-refractivity contribution is 7.99. The fourth-order valence-electron chi connectivity index (χ4n) is 2.84. The van der Waals surface area contributed by atoms with Crippen molar-refractivity contribution >= 4 is 17.4 Å². The number of thioether (sulfide) groups is 1. The van der Waals surface area contributed by atoms with Crippen molar-refractivity contribution in [2.75, 3.05) is 16.8 Å². The van der Waals surface area contributed by atoms with Crippen LogP contribution in [0.4, 0.5) is 5.69 Å². The monoisotopic (exact) mass is 297 g/mol. The average molecular weight is 297 g/mol. The van der Waals surface area contributed by atoms with Crippen LogP contribution in [0.25, 0.3) is 11.1 Å². The molecule has 1 fully saturated rings. The van der Waals surface area contributed by atoms with Gasteiger partial charge in [0.1, 0.15) is 0 Å². The summed E-state index contributed by atoms with van der Waals surface area (Å²) in [7, 11) is 0. The van der Waals surface area contributed by atoms with Gasteiger partial charge in [-0.05, 0) is 29.2 Å². The number of benzene rings is 2. The number of para-hydroxylation sites is 1. The lowest BCUT2D eigenvalue weighted by Crippen LogP contribution is -2.41. The van der Waals surface area contributed by atoms with E-state index in [4.69, 9.17) is 0 Å². The van der Waals surface area contributed by atoms with Crippen molar-refractivity contribution in [3.63, 3.8) is 0 Å². The quantitative estimate of drug-likeness (QED) is 0.825. The van der Waals surface area contributed by atoms with Crippen molar-refractivity contribution in [2.24, 2.45) is 5.41 Å². The van der Waals surface area contributed by atoms with Crippen molar-refractivity contribution < 1.29 is 0 Å². The van der Waals surface area contributed by atoms with Crippen LogP contribution in [0.5, 0.6) is 0 Å². The lowest BCUT2D eigenvalue weighted by atomic mass is 9.82. The first-order chi connectivity index (χ1) is 10.2. The molecule has 0 radical (unpaired) electrons. The molecule has 1 aliphatic heterocycles. The molecule has 3 rings (SSSR count). The van der Waals surface area contributed by atoms with Crippen LogP contribution >= 0.6 is 11.8 Å². The van der Waals surface area contributed by atoms with Gasteiger partial charge in [-0.15, -0.1) is 0 Å². The van der Waals surface area contributed by atoms with Crippen LogP contribution < -0.4 is 5.32 Å². The molecule has 0 saturated carbocycles. The predicted molar refractivity (Wildman–Crippen MR) is 95.0 cm³/mol. The van der Waals surface area contributed by atoms with E-state index in [-0.39, 0.29) is 0 Å². The van der Waals surface area contributed by atoms with Crippen LogP contribution in [-0.4, -0.2) is 17.5 Å². The number of anilines is 1. The maximum absolute atomic E-state index is 3.82. The van der Waals surface area contributed by atoms with Crippen molar-refractivity contribution in [1.29, 1.82) is 0 Å². The van der Waals surface area contributed by atoms with Gasteiger partial charge in [0.2, 0.25) is 0 Å². The lowest BCUT2D eigenvalue weighted by molar-refractivity contribution is 0.305. The molecule has 2 aromatic rings. The molecule has 1 atom stereocenters. The van der Waals surface area contributed by atoms with E-state index in [1.165, 1.54) is 34.7 Å². The molecule has 2 aromatic carbocycles. The highest BCUT2D eigenvalue weighted by Crippen LogP contribution is 2.37. The standard InChI is InChI=1S/C19H23NS/c1-19(2)12-13-21-14-18(19)20-17-11-7-6-10-16(17)15-8-4-3-5-9-15/h3-11,18,20H,12-14H2,1-2H3. The zero-order valence-electron chi connectivity index (χ0n) is 12.8. The first-order valence-electron chi connectivity index (χ1n) is 7.65. The van der Waals surface area contributed by atoms with Crippen molar-refractivity contribution in [3.8, 4) is 11.1 Å². The summed E-state index contributed by atoms with van der Waals surface area (Å²) in [6.07, 6.45) is 1.28. The topological polar surface area (TPSA) is 12.0 Å². The summed E-state index contributed by atoms with van der Waals surface area (Å²) in [4.78, 5) is 0. The van der Waals surface area contributed by atoms with E-state index in [2.05, 4.69) is 85.5 Å². The Hall–Kier alpha value is -1.41. The maximum Gasteiger partial charge on any atom is 0.0422 e. The largest absolute Gasteiger partial charge is 0.380 e. The minimum absolute atomic E-state index is 0.356. The Bertz CT molecular complexity index is 592. The summed E-state index contributed by atoms with van der Waals surface area (Å²) in [5.41, 5.74) is 4.19. The summed E-state index contributed by atoms with van der Waals surface area (Å²) in [5, 5.41) is 3.82. The Labute approximate surface area is 132 Å². The van der Waals surface area contributed by atoms with Gasteiger partial charge in [-0.2, -0.15) is 11.8 Å². The van der Waals surface area contributed by atoms with Gasteiger partial charge < -0.3 is 5.32 Å². The molecular formula is C19H23NS.